The third-order valence-corrected chi connectivity index (χ3v) is 6.73. The summed E-state index contributed by atoms with van der Waals surface area (Å²) in [5.74, 6) is 0.475. The van der Waals surface area contributed by atoms with Gasteiger partial charge in [-0.3, -0.25) is 14.1 Å². The van der Waals surface area contributed by atoms with Crippen LogP contribution in [0.4, 0.5) is 5.69 Å². The van der Waals surface area contributed by atoms with E-state index in [0.29, 0.717) is 32.1 Å². The molecule has 1 N–H and O–H groups in total. The maximum absolute atomic E-state index is 12.8. The van der Waals surface area contributed by atoms with E-state index in [9.17, 15) is 13.2 Å². The summed E-state index contributed by atoms with van der Waals surface area (Å²) in [6, 6.07) is 7.60. The molecule has 1 amide bonds. The highest BCUT2D eigenvalue weighted by atomic mass is 32.2. The summed E-state index contributed by atoms with van der Waals surface area (Å²) in [6.07, 6.45) is 0.734. The van der Waals surface area contributed by atoms with Gasteiger partial charge in [0.15, 0.2) is 5.96 Å². The Morgan fingerprint density at radius 1 is 1.21 bits per heavy atom. The number of fused-ring (bicyclic) bond motifs is 1. The molecule has 0 saturated heterocycles. The summed E-state index contributed by atoms with van der Waals surface area (Å²) >= 11 is 0. The van der Waals surface area contributed by atoms with Gasteiger partial charge in [0.2, 0.25) is 15.9 Å². The van der Waals surface area contributed by atoms with Crippen LogP contribution in [0.5, 0.6) is 0 Å². The molecular weight excluding hydrogens is 390 g/mol. The topological polar surface area (TPSA) is 85.3 Å². The van der Waals surface area contributed by atoms with Crippen LogP contribution >= 0.6 is 0 Å². The van der Waals surface area contributed by atoms with Crippen molar-refractivity contribution in [3.05, 3.63) is 29.8 Å². The zero-order valence-corrected chi connectivity index (χ0v) is 18.7. The first-order valence-corrected chi connectivity index (χ1v) is 11.8. The molecule has 0 fully saturated rings. The molecule has 0 aliphatic carbocycles. The second kappa shape index (κ2) is 10.5. The minimum Gasteiger partial charge on any atom is -0.357 e. The van der Waals surface area contributed by atoms with E-state index in [4.69, 9.17) is 0 Å². The van der Waals surface area contributed by atoms with Crippen molar-refractivity contribution in [3.8, 4) is 0 Å². The number of likely N-dealkylation sites (N-methyl/N-ethyl adjacent to an activating group) is 2. The summed E-state index contributed by atoms with van der Waals surface area (Å²) in [6.45, 7) is 8.59. The SMILES string of the molecule is CCNC(=NCCS(=O)(=O)N1CCc2ccccc21)N(C)CC(=O)N(CC)CC. The number of nitrogens with zero attached hydrogens (tertiary/aromatic N) is 4. The van der Waals surface area contributed by atoms with Gasteiger partial charge in [0.25, 0.3) is 0 Å². The lowest BCUT2D eigenvalue weighted by atomic mass is 10.2. The fourth-order valence-corrected chi connectivity index (χ4v) is 4.79. The summed E-state index contributed by atoms with van der Waals surface area (Å²) < 4.78 is 27.1. The molecule has 0 unspecified atom stereocenters. The number of carbonyl (C=O) groups excluding carboxylic acids is 1. The maximum atomic E-state index is 12.8. The number of nitrogens with one attached hydrogen (secondary N) is 1. The lowest BCUT2D eigenvalue weighted by Gasteiger charge is -2.25. The van der Waals surface area contributed by atoms with Crippen LogP contribution in [-0.4, -0.2) is 82.2 Å². The molecule has 1 aromatic carbocycles. The molecule has 9 heteroatoms. The average molecular weight is 424 g/mol. The summed E-state index contributed by atoms with van der Waals surface area (Å²) in [5.41, 5.74) is 1.83. The highest BCUT2D eigenvalue weighted by Gasteiger charge is 2.28. The quantitative estimate of drug-likeness (QED) is 0.476. The highest BCUT2D eigenvalue weighted by molar-refractivity contribution is 7.92. The summed E-state index contributed by atoms with van der Waals surface area (Å²) in [5, 5.41) is 3.13. The monoisotopic (exact) mass is 423 g/mol. The Kier molecular flexibility index (Phi) is 8.31. The molecule has 1 aromatic rings. The van der Waals surface area contributed by atoms with Crippen molar-refractivity contribution in [2.24, 2.45) is 4.99 Å². The zero-order valence-electron chi connectivity index (χ0n) is 17.9. The van der Waals surface area contributed by atoms with E-state index < -0.39 is 10.0 Å². The number of benzene rings is 1. The number of para-hydroxylation sites is 1. The van der Waals surface area contributed by atoms with Crippen LogP contribution in [0.2, 0.25) is 0 Å². The van der Waals surface area contributed by atoms with Crippen molar-refractivity contribution in [1.82, 2.24) is 15.1 Å². The normalized spacial score (nSPS) is 13.9. The lowest BCUT2D eigenvalue weighted by Crippen LogP contribution is -2.46. The number of hydrogen-bond donors (Lipinski definition) is 1. The predicted molar refractivity (Wildman–Crippen MR) is 118 cm³/mol. The number of sulfonamides is 1. The second-order valence-corrected chi connectivity index (χ2v) is 8.94. The molecule has 1 heterocycles. The number of hydrogen-bond acceptors (Lipinski definition) is 4. The van der Waals surface area contributed by atoms with Crippen LogP contribution in [0.25, 0.3) is 0 Å². The van der Waals surface area contributed by atoms with Gasteiger partial charge in [0, 0.05) is 33.2 Å². The Morgan fingerprint density at radius 3 is 2.55 bits per heavy atom. The van der Waals surface area contributed by atoms with Crippen LogP contribution in [0.15, 0.2) is 29.3 Å². The van der Waals surface area contributed by atoms with E-state index in [1.165, 1.54) is 4.31 Å². The molecule has 0 radical (unpaired) electrons. The third-order valence-electron chi connectivity index (χ3n) is 4.98. The maximum Gasteiger partial charge on any atom is 0.242 e. The molecule has 1 aliphatic rings. The van der Waals surface area contributed by atoms with Gasteiger partial charge in [-0.2, -0.15) is 0 Å². The first-order valence-electron chi connectivity index (χ1n) is 10.2. The Bertz CT molecular complexity index is 821. The average Bonchev–Trinajstić information content (AvgIpc) is 3.13. The molecule has 0 spiro atoms. The van der Waals surface area contributed by atoms with Crippen molar-refractivity contribution >= 4 is 27.6 Å². The number of rotatable bonds is 9. The fourth-order valence-electron chi connectivity index (χ4n) is 3.40. The third kappa shape index (κ3) is 5.85. The van der Waals surface area contributed by atoms with E-state index in [1.54, 1.807) is 16.8 Å². The Labute approximate surface area is 174 Å². The van der Waals surface area contributed by atoms with Crippen molar-refractivity contribution < 1.29 is 13.2 Å². The molecule has 8 nitrogen and oxygen atoms in total. The number of carbonyl (C=O) groups is 1. The fraction of sp³-hybridized carbons (Fsp3) is 0.600. The minimum absolute atomic E-state index is 0.0180. The van der Waals surface area contributed by atoms with Gasteiger partial charge in [-0.05, 0) is 38.8 Å². The van der Waals surface area contributed by atoms with Crippen molar-refractivity contribution in [1.29, 1.82) is 0 Å². The molecule has 29 heavy (non-hydrogen) atoms. The molecule has 162 valence electrons. The van der Waals surface area contributed by atoms with Crippen LogP contribution in [0, 0.1) is 0 Å². The van der Waals surface area contributed by atoms with Crippen LogP contribution in [0.1, 0.15) is 26.3 Å². The minimum atomic E-state index is -3.45. The number of amides is 1. The molecule has 0 bridgehead atoms. The van der Waals surface area contributed by atoms with Crippen LogP contribution in [-0.2, 0) is 21.2 Å². The van der Waals surface area contributed by atoms with Gasteiger partial charge in [-0.15, -0.1) is 0 Å². The first kappa shape index (κ1) is 23.0. The van der Waals surface area contributed by atoms with Crippen molar-refractivity contribution in [2.45, 2.75) is 27.2 Å². The van der Waals surface area contributed by atoms with Gasteiger partial charge < -0.3 is 15.1 Å². The Morgan fingerprint density at radius 2 is 1.90 bits per heavy atom. The standard InChI is InChI=1S/C20H33N5O3S/c1-5-21-20(23(4)16-19(26)24(6-2)7-3)22-13-15-29(27,28)25-14-12-17-10-8-9-11-18(17)25/h8-11H,5-7,12-16H2,1-4H3,(H,21,22). The van der Waals surface area contributed by atoms with Gasteiger partial charge in [0.1, 0.15) is 0 Å². The Balaban J connectivity index is 2.02. The van der Waals surface area contributed by atoms with Gasteiger partial charge >= 0.3 is 0 Å². The smallest absolute Gasteiger partial charge is 0.242 e. The van der Waals surface area contributed by atoms with Gasteiger partial charge in [-0.25, -0.2) is 8.42 Å². The largest absolute Gasteiger partial charge is 0.357 e. The zero-order chi connectivity index (χ0) is 21.4. The summed E-state index contributed by atoms with van der Waals surface area (Å²) in [7, 11) is -1.66. The van der Waals surface area contributed by atoms with Crippen molar-refractivity contribution in [2.75, 3.05) is 56.4 Å². The predicted octanol–water partition coefficient (Wildman–Crippen LogP) is 1.14. The molecular formula is C20H33N5O3S. The molecule has 2 rings (SSSR count). The van der Waals surface area contributed by atoms with E-state index >= 15 is 0 Å². The molecule has 0 atom stereocenters. The van der Waals surface area contributed by atoms with Gasteiger partial charge in [-0.1, -0.05) is 18.2 Å². The van der Waals surface area contributed by atoms with Crippen LogP contribution < -0.4 is 9.62 Å². The molecule has 1 aliphatic heterocycles. The summed E-state index contributed by atoms with van der Waals surface area (Å²) in [4.78, 5) is 20.3. The number of anilines is 1. The Hall–Kier alpha value is -2.29. The van der Waals surface area contributed by atoms with Crippen LogP contribution in [0.3, 0.4) is 0 Å². The number of aliphatic imine (C=N–C) groups is 1. The van der Waals surface area contributed by atoms with Crippen molar-refractivity contribution in [3.63, 3.8) is 0 Å². The second-order valence-electron chi connectivity index (χ2n) is 6.92. The highest BCUT2D eigenvalue weighted by Crippen LogP contribution is 2.29. The van der Waals surface area contributed by atoms with E-state index in [0.717, 1.165) is 17.7 Å². The van der Waals surface area contributed by atoms with Gasteiger partial charge in [0.05, 0.1) is 24.5 Å². The molecule has 0 aromatic heterocycles. The molecule has 0 saturated carbocycles. The van der Waals surface area contributed by atoms with E-state index in [1.807, 2.05) is 45.0 Å². The van der Waals surface area contributed by atoms with E-state index in [2.05, 4.69) is 10.3 Å². The number of guanidine groups is 1. The first-order chi connectivity index (χ1) is 13.8. The van der Waals surface area contributed by atoms with E-state index in [-0.39, 0.29) is 24.7 Å². The lowest BCUT2D eigenvalue weighted by molar-refractivity contribution is -0.131.